The van der Waals surface area contributed by atoms with Crippen molar-refractivity contribution in [1.29, 1.82) is 0 Å². The van der Waals surface area contributed by atoms with Gasteiger partial charge in [0.2, 0.25) is 0 Å². The first-order chi connectivity index (χ1) is 9.74. The number of hydrogen-bond acceptors (Lipinski definition) is 2. The molecule has 0 N–H and O–H groups in total. The van der Waals surface area contributed by atoms with E-state index in [1.54, 1.807) is 5.01 Å². The van der Waals surface area contributed by atoms with Gasteiger partial charge in [-0.05, 0) is 24.1 Å². The summed E-state index contributed by atoms with van der Waals surface area (Å²) in [7, 11) is 0. The van der Waals surface area contributed by atoms with E-state index < -0.39 is 0 Å². The van der Waals surface area contributed by atoms with Crippen LogP contribution in [0.25, 0.3) is 0 Å². The zero-order valence-corrected chi connectivity index (χ0v) is 11.2. The van der Waals surface area contributed by atoms with Crippen LogP contribution in [-0.4, -0.2) is 16.6 Å². The topological polar surface area (TPSA) is 32.7 Å². The summed E-state index contributed by atoms with van der Waals surface area (Å²) in [5, 5.41) is 6.20. The van der Waals surface area contributed by atoms with Crippen LogP contribution in [0.3, 0.4) is 0 Å². The molecular weight excluding hydrogens is 248 g/mol. The van der Waals surface area contributed by atoms with Gasteiger partial charge in [-0.3, -0.25) is 4.79 Å². The van der Waals surface area contributed by atoms with Crippen LogP contribution in [0.1, 0.15) is 39.5 Å². The molecule has 2 aromatic rings. The Labute approximate surface area is 117 Å². The van der Waals surface area contributed by atoms with E-state index in [9.17, 15) is 4.79 Å². The van der Waals surface area contributed by atoms with Crippen LogP contribution in [-0.2, 0) is 0 Å². The molecule has 0 saturated carbocycles. The Morgan fingerprint density at radius 1 is 1.15 bits per heavy atom. The van der Waals surface area contributed by atoms with Gasteiger partial charge < -0.3 is 0 Å². The summed E-state index contributed by atoms with van der Waals surface area (Å²) in [5.41, 5.74) is 5.23. The van der Waals surface area contributed by atoms with Gasteiger partial charge in [-0.15, -0.1) is 0 Å². The van der Waals surface area contributed by atoms with E-state index in [0.717, 1.165) is 28.8 Å². The lowest BCUT2D eigenvalue weighted by atomic mass is 9.97. The van der Waals surface area contributed by atoms with Gasteiger partial charge >= 0.3 is 0 Å². The number of benzene rings is 2. The highest BCUT2D eigenvalue weighted by Gasteiger charge is 2.41. The van der Waals surface area contributed by atoms with E-state index in [-0.39, 0.29) is 11.9 Å². The van der Waals surface area contributed by atoms with Crippen LogP contribution < -0.4 is 0 Å². The maximum Gasteiger partial charge on any atom is 0.274 e. The molecular formula is C17H14N2O. The van der Waals surface area contributed by atoms with E-state index in [1.165, 1.54) is 5.56 Å². The van der Waals surface area contributed by atoms with Crippen LogP contribution >= 0.6 is 0 Å². The number of amides is 1. The molecule has 0 unspecified atom stereocenters. The first kappa shape index (κ1) is 11.4. The molecule has 2 aliphatic heterocycles. The van der Waals surface area contributed by atoms with Gasteiger partial charge in [-0.1, -0.05) is 48.0 Å². The van der Waals surface area contributed by atoms with Gasteiger partial charge in [0.15, 0.2) is 0 Å². The molecule has 0 spiro atoms. The zero-order valence-electron chi connectivity index (χ0n) is 11.2. The molecule has 0 aromatic heterocycles. The lowest BCUT2D eigenvalue weighted by molar-refractivity contribution is 0.0756. The molecule has 0 bridgehead atoms. The number of hydrogen-bond donors (Lipinski definition) is 0. The van der Waals surface area contributed by atoms with Crippen LogP contribution in [0.5, 0.6) is 0 Å². The summed E-state index contributed by atoms with van der Waals surface area (Å²) in [6.07, 6.45) is 0.798. The Morgan fingerprint density at radius 2 is 2.00 bits per heavy atom. The normalized spacial score (nSPS) is 19.9. The second-order valence-corrected chi connectivity index (χ2v) is 5.37. The molecule has 1 amide bonds. The third kappa shape index (κ3) is 1.53. The van der Waals surface area contributed by atoms with Crippen molar-refractivity contribution in [3.05, 3.63) is 70.8 Å². The van der Waals surface area contributed by atoms with Gasteiger partial charge in [-0.2, -0.15) is 5.10 Å². The predicted molar refractivity (Wildman–Crippen MR) is 77.7 cm³/mol. The zero-order chi connectivity index (χ0) is 13.7. The Balaban J connectivity index is 1.74. The third-order valence-electron chi connectivity index (χ3n) is 4.02. The Bertz CT molecular complexity index is 748. The Kier molecular flexibility index (Phi) is 2.30. The molecule has 3 nitrogen and oxygen atoms in total. The molecule has 0 fully saturated rings. The summed E-state index contributed by atoms with van der Waals surface area (Å²) in [6.45, 7) is 2.07. The predicted octanol–water partition coefficient (Wildman–Crippen LogP) is 3.30. The van der Waals surface area contributed by atoms with E-state index in [0.29, 0.717) is 0 Å². The minimum atomic E-state index is 0.0215. The largest absolute Gasteiger partial charge is 0.274 e. The molecule has 0 aliphatic carbocycles. The van der Waals surface area contributed by atoms with E-state index >= 15 is 0 Å². The molecule has 20 heavy (non-hydrogen) atoms. The second kappa shape index (κ2) is 4.04. The molecule has 98 valence electrons. The van der Waals surface area contributed by atoms with Gasteiger partial charge in [0, 0.05) is 12.0 Å². The monoisotopic (exact) mass is 262 g/mol. The molecule has 2 heterocycles. The van der Waals surface area contributed by atoms with Crippen molar-refractivity contribution >= 4 is 11.6 Å². The first-order valence-electron chi connectivity index (χ1n) is 6.81. The highest BCUT2D eigenvalue weighted by molar-refractivity contribution is 6.07. The standard InChI is InChI=1S/C17H14N2O/c1-11-5-4-6-12(9-11)15-10-16-13-7-2-3-8-14(13)17(20)19(16)18-15/h2-9,16H,10H2,1H3/t16-/m1/s1. The average Bonchev–Trinajstić information content (AvgIpc) is 3.00. The fourth-order valence-electron chi connectivity index (χ4n) is 3.04. The molecule has 0 radical (unpaired) electrons. The maximum absolute atomic E-state index is 12.3. The summed E-state index contributed by atoms with van der Waals surface area (Å²) >= 11 is 0. The molecule has 2 aliphatic rings. The van der Waals surface area contributed by atoms with Gasteiger partial charge in [0.25, 0.3) is 5.91 Å². The highest BCUT2D eigenvalue weighted by Crippen LogP contribution is 2.40. The number of rotatable bonds is 1. The quantitative estimate of drug-likeness (QED) is 0.776. The van der Waals surface area contributed by atoms with Crippen molar-refractivity contribution in [3.8, 4) is 0 Å². The minimum absolute atomic E-state index is 0.0215. The van der Waals surface area contributed by atoms with Crippen LogP contribution in [0.2, 0.25) is 0 Å². The molecule has 4 rings (SSSR count). The summed E-state index contributed by atoms with van der Waals surface area (Å²) in [4.78, 5) is 12.3. The van der Waals surface area contributed by atoms with Crippen molar-refractivity contribution < 1.29 is 4.79 Å². The van der Waals surface area contributed by atoms with Crippen molar-refractivity contribution in [2.24, 2.45) is 5.10 Å². The highest BCUT2D eigenvalue weighted by atomic mass is 16.2. The van der Waals surface area contributed by atoms with Gasteiger partial charge in [-0.25, -0.2) is 5.01 Å². The molecule has 3 heteroatoms. The molecule has 2 aromatic carbocycles. The second-order valence-electron chi connectivity index (χ2n) is 5.37. The van der Waals surface area contributed by atoms with E-state index in [4.69, 9.17) is 0 Å². The van der Waals surface area contributed by atoms with Crippen molar-refractivity contribution in [2.45, 2.75) is 19.4 Å². The summed E-state index contributed by atoms with van der Waals surface area (Å²) in [6, 6.07) is 16.2. The molecule has 0 saturated heterocycles. The lowest BCUT2D eigenvalue weighted by Gasteiger charge is -2.10. The van der Waals surface area contributed by atoms with Crippen molar-refractivity contribution in [1.82, 2.24) is 5.01 Å². The number of aryl methyl sites for hydroxylation is 1. The van der Waals surface area contributed by atoms with Crippen LogP contribution in [0.4, 0.5) is 0 Å². The lowest BCUT2D eigenvalue weighted by Crippen LogP contribution is -2.17. The average molecular weight is 262 g/mol. The van der Waals surface area contributed by atoms with Gasteiger partial charge in [0.1, 0.15) is 0 Å². The number of carbonyl (C=O) groups is 1. The SMILES string of the molecule is Cc1cccc(C2=NN3C(=O)c4ccccc4[C@H]3C2)c1. The number of carbonyl (C=O) groups excluding carboxylic acids is 1. The number of nitrogens with zero attached hydrogens (tertiary/aromatic N) is 2. The third-order valence-corrected chi connectivity index (χ3v) is 4.02. The first-order valence-corrected chi connectivity index (χ1v) is 6.81. The molecule has 1 atom stereocenters. The van der Waals surface area contributed by atoms with Crippen LogP contribution in [0, 0.1) is 6.92 Å². The Hall–Kier alpha value is -2.42. The van der Waals surface area contributed by atoms with Crippen LogP contribution in [0.15, 0.2) is 53.6 Å². The summed E-state index contributed by atoms with van der Waals surface area (Å²) < 4.78 is 0. The Morgan fingerprint density at radius 3 is 2.85 bits per heavy atom. The van der Waals surface area contributed by atoms with E-state index in [1.807, 2.05) is 30.3 Å². The fraction of sp³-hybridized carbons (Fsp3) is 0.176. The minimum Gasteiger partial charge on any atom is -0.267 e. The van der Waals surface area contributed by atoms with Gasteiger partial charge in [0.05, 0.1) is 11.8 Å². The number of fused-ring (bicyclic) bond motifs is 3. The maximum atomic E-state index is 12.3. The number of hydrazone groups is 1. The van der Waals surface area contributed by atoms with Crippen molar-refractivity contribution in [3.63, 3.8) is 0 Å². The fourth-order valence-corrected chi connectivity index (χ4v) is 3.04. The summed E-state index contributed by atoms with van der Waals surface area (Å²) in [5.74, 6) is 0.0215. The van der Waals surface area contributed by atoms with Crippen molar-refractivity contribution in [2.75, 3.05) is 0 Å². The van der Waals surface area contributed by atoms with E-state index in [2.05, 4.69) is 30.2 Å². The smallest absolute Gasteiger partial charge is 0.267 e.